The number of aryl methyl sites for hydroxylation is 2. The van der Waals surface area contributed by atoms with Gasteiger partial charge in [-0.15, -0.1) is 11.5 Å². The number of carbonyl (C=O) groups is 1. The fraction of sp³-hybridized carbons (Fsp3) is 0.379. The number of halogens is 5. The molecule has 1 heterocycles. The molecule has 1 aromatic heterocycles. The van der Waals surface area contributed by atoms with Gasteiger partial charge in [-0.1, -0.05) is 59.4 Å². The molecule has 13 heteroatoms. The third kappa shape index (κ3) is 40.8. The largest absolute Gasteiger partial charge is 0 e. The molecule has 0 unspecified atom stereocenters. The zero-order valence-electron chi connectivity index (χ0n) is 25.4. The number of hydrogen-bond donors (Lipinski definition) is 1. The number of nitrogens with two attached hydrogens (primary N) is 1. The van der Waals surface area contributed by atoms with Crippen LogP contribution in [0.25, 0.3) is 10.9 Å². The van der Waals surface area contributed by atoms with Crippen molar-refractivity contribution in [2.75, 3.05) is 5.73 Å². The molecule has 0 bridgehead atoms. The molecule has 234 valence electrons. The number of carbonyl (C=O) groups excluding carboxylic acids is 1. The van der Waals surface area contributed by atoms with Crippen molar-refractivity contribution in [1.82, 2.24) is 4.98 Å². The Morgan fingerprint density at radius 3 is 1.62 bits per heavy atom. The molecule has 3 nitrogen and oxygen atoms in total. The molecule has 0 spiro atoms. The van der Waals surface area contributed by atoms with Gasteiger partial charge in [-0.05, 0) is 51.3 Å². The van der Waals surface area contributed by atoms with Gasteiger partial charge in [0.1, 0.15) is 0 Å². The van der Waals surface area contributed by atoms with Crippen LogP contribution in [0, 0.1) is 32.9 Å². The molecule has 0 atom stereocenters. The van der Waals surface area contributed by atoms with Crippen molar-refractivity contribution in [3.05, 3.63) is 83.1 Å². The summed E-state index contributed by atoms with van der Waals surface area (Å²) in [5.41, 5.74) is 11.5. The second kappa shape index (κ2) is 47.8. The van der Waals surface area contributed by atoms with E-state index < -0.39 is 0 Å². The molecular formula is C29H44I5N2OV3Y2-2. The molecule has 0 fully saturated rings. The van der Waals surface area contributed by atoms with Gasteiger partial charge >= 0.3 is 114 Å². The molecule has 3 aromatic rings. The number of anilines is 1. The van der Waals surface area contributed by atoms with E-state index >= 15 is 0 Å². The van der Waals surface area contributed by atoms with E-state index in [-0.39, 0.29) is 102 Å². The van der Waals surface area contributed by atoms with E-state index in [9.17, 15) is 4.79 Å². The summed E-state index contributed by atoms with van der Waals surface area (Å²) in [6, 6.07) is 19.3. The zero-order chi connectivity index (χ0) is 30.7. The first-order chi connectivity index (χ1) is 17.9. The van der Waals surface area contributed by atoms with E-state index in [4.69, 9.17) is 5.73 Å². The number of allylic oxidation sites excluding steroid dienone is 2. The minimum Gasteiger partial charge on any atom is 0 e. The topological polar surface area (TPSA) is 56.0 Å². The second-order valence-electron chi connectivity index (χ2n) is 6.48. The van der Waals surface area contributed by atoms with E-state index in [0.29, 0.717) is 15.2 Å². The number of nitrogen functional groups attached to an aromatic ring is 1. The van der Waals surface area contributed by atoms with Crippen molar-refractivity contribution in [2.45, 2.75) is 76.7 Å². The summed E-state index contributed by atoms with van der Waals surface area (Å²) in [7, 11) is 0.628. The number of benzene rings is 2. The molecule has 0 aliphatic carbocycles. The molecule has 3 radical (unpaired) electrons. The quantitative estimate of drug-likeness (QED) is 0.114. The normalized spacial score (nSPS) is 8.14. The van der Waals surface area contributed by atoms with Gasteiger partial charge in [0.05, 0.1) is 0 Å². The van der Waals surface area contributed by atoms with Crippen LogP contribution in [-0.2, 0) is 103 Å². The Morgan fingerprint density at radius 2 is 1.33 bits per heavy atom. The minimum absolute atomic E-state index is 0. The predicted octanol–water partition coefficient (Wildman–Crippen LogP) is 12.7. The van der Waals surface area contributed by atoms with E-state index in [1.165, 1.54) is 16.5 Å². The zero-order valence-corrected chi connectivity index (χ0v) is 46.1. The average molecular weight is 1400 g/mol. The molecule has 0 amide bonds. The summed E-state index contributed by atoms with van der Waals surface area (Å²) in [5.74, 6) is 0.155. The van der Waals surface area contributed by atoms with Crippen molar-refractivity contribution in [2.24, 2.45) is 0 Å². The standard InChI is InChI=1S/C12H12N.C6H6N.C6H10O.2C2H6.CH4.5HI.3V.2Y/c1-8-9(2)11-6-4-5-7-12(11)13-10(8)3;7-6-4-2-1-3-5-6;1-4-5(2)6(3)7;2*1-2;;;;;;;;;;;/h4-6H,1-3H3;1-4H,7H2;4H,1-3H3;2*1-2H3;1H4;5*1H;;;;;/q2*-1;;;;;;;;;;;+2;+3;;/p-5/b;;5-4+;;;;;;;;;;;;;. The number of aromatic nitrogens is 1. The molecule has 0 saturated heterocycles. The van der Waals surface area contributed by atoms with Gasteiger partial charge in [0.25, 0.3) is 0 Å². The minimum atomic E-state index is -0.278. The van der Waals surface area contributed by atoms with E-state index in [1.807, 2.05) is 78.8 Å². The summed E-state index contributed by atoms with van der Waals surface area (Å²) >= 11 is 12.1. The molecule has 2 N–H and O–H groups in total. The number of para-hydroxylation sites is 2. The maximum Gasteiger partial charge on any atom is 0 e. The van der Waals surface area contributed by atoms with Gasteiger partial charge in [0.2, 0.25) is 0 Å². The van der Waals surface area contributed by atoms with Crippen molar-refractivity contribution in [3.63, 3.8) is 0 Å². The van der Waals surface area contributed by atoms with Crippen LogP contribution in [0.5, 0.6) is 0 Å². The van der Waals surface area contributed by atoms with Crippen molar-refractivity contribution in [3.8, 4) is 0 Å². The molecule has 0 aliphatic rings. The van der Waals surface area contributed by atoms with Crippen LogP contribution in [0.15, 0.2) is 54.1 Å². The second-order valence-corrected chi connectivity index (χ2v) is 53.6. The van der Waals surface area contributed by atoms with E-state index in [0.717, 1.165) is 16.8 Å². The molecule has 42 heavy (non-hydrogen) atoms. The number of hydrogen-bond acceptors (Lipinski definition) is 3. The number of rotatable bonds is 1. The first-order valence-corrected chi connectivity index (χ1v) is 34.3. The number of fused-ring (bicyclic) bond motifs is 1. The van der Waals surface area contributed by atoms with Crippen LogP contribution in [0.4, 0.5) is 5.69 Å². The number of nitrogens with zero attached hydrogens (tertiary/aromatic N) is 1. The van der Waals surface area contributed by atoms with Crippen molar-refractivity contribution < 1.29 is 103 Å². The predicted molar refractivity (Wildman–Crippen MR) is 214 cm³/mol. The molecule has 0 aliphatic heterocycles. The fourth-order valence-corrected chi connectivity index (χ4v) is 2.16. The molecule has 2 aromatic carbocycles. The Hall–Kier alpha value is 4.67. The van der Waals surface area contributed by atoms with Gasteiger partial charge in [-0.2, -0.15) is 48.5 Å². The molecule has 3 rings (SSSR count). The van der Waals surface area contributed by atoms with Crippen LogP contribution in [-0.4, -0.2) is 10.8 Å². The number of pyridine rings is 1. The Bertz CT molecular complexity index is 1020. The summed E-state index contributed by atoms with van der Waals surface area (Å²) in [6.45, 7) is 19.5. The molecular weight excluding hydrogens is 1360 g/mol. The summed E-state index contributed by atoms with van der Waals surface area (Å²) < 4.78 is 0. The SMILES string of the molecule is C.C/C=C(\C)C(C)=O.CC.CC.Cc1nc2[c-]cccc2c(C)c1C.Nc1[c-]cccc1.[I][V]([I])[I].[I][V][I].[V].[Y].[Y]. The van der Waals surface area contributed by atoms with Crippen molar-refractivity contribution in [1.29, 1.82) is 0 Å². The Balaban J connectivity index is -0.0000000586. The Labute approximate surface area is 387 Å². The maximum absolute atomic E-state index is 10.3. The van der Waals surface area contributed by atoms with Crippen LogP contribution in [0.2, 0.25) is 0 Å². The van der Waals surface area contributed by atoms with E-state index in [1.54, 1.807) is 19.1 Å². The number of ketones is 1. The van der Waals surface area contributed by atoms with E-state index in [2.05, 4.69) is 137 Å². The molecule has 0 saturated carbocycles. The summed E-state index contributed by atoms with van der Waals surface area (Å²) in [4.78, 5) is 14.5. The monoisotopic (exact) mass is 1400 g/mol. The summed E-state index contributed by atoms with van der Waals surface area (Å²) in [6.07, 6.45) is 1.81. The van der Waals surface area contributed by atoms with Crippen molar-refractivity contribution >= 4 is 122 Å². The Kier molecular flexibility index (Phi) is 74.1. The van der Waals surface area contributed by atoms with Gasteiger partial charge < -0.3 is 5.73 Å². The average Bonchev–Trinajstić information content (AvgIpc) is 2.90. The Morgan fingerprint density at radius 1 is 0.905 bits per heavy atom. The van der Waals surface area contributed by atoms with Crippen LogP contribution in [0.1, 0.15) is 72.7 Å². The first-order valence-electron chi connectivity index (χ1n) is 11.7. The fourth-order valence-electron chi connectivity index (χ4n) is 2.16. The first kappa shape index (κ1) is 65.1. The van der Waals surface area contributed by atoms with Crippen LogP contribution in [0.3, 0.4) is 0 Å². The number of Topliss-reactive ketones (excluding diaryl/α,β-unsaturated/α-hetero) is 1. The third-order valence-electron chi connectivity index (χ3n) is 4.34. The maximum atomic E-state index is 10.3. The van der Waals surface area contributed by atoms with Gasteiger partial charge in [-0.25, -0.2) is 0 Å². The van der Waals surface area contributed by atoms with Gasteiger partial charge in [0, 0.05) is 89.7 Å². The van der Waals surface area contributed by atoms with Gasteiger partial charge in [0.15, 0.2) is 5.78 Å². The summed E-state index contributed by atoms with van der Waals surface area (Å²) in [5, 5.41) is 1.21. The van der Waals surface area contributed by atoms with Gasteiger partial charge in [-0.3, -0.25) is 9.78 Å². The third-order valence-corrected chi connectivity index (χ3v) is 4.34. The van der Waals surface area contributed by atoms with Crippen LogP contribution < -0.4 is 5.73 Å². The van der Waals surface area contributed by atoms with Crippen LogP contribution >= 0.6 is 99.9 Å². The smallest absolute Gasteiger partial charge is 0 e.